The molecule has 0 heterocycles. The minimum atomic E-state index is -4.14. The molecule has 3 aromatic carbocycles. The Morgan fingerprint density at radius 1 is 0.923 bits per heavy atom. The zero-order valence-corrected chi connectivity index (χ0v) is 24.6. The van der Waals surface area contributed by atoms with Gasteiger partial charge in [-0.25, -0.2) is 8.42 Å². The number of hydrogen-bond acceptors (Lipinski definition) is 4. The van der Waals surface area contributed by atoms with Gasteiger partial charge in [-0.15, -0.1) is 0 Å². The summed E-state index contributed by atoms with van der Waals surface area (Å²) in [5.74, 6) is -0.581. The molecule has 3 rings (SSSR count). The van der Waals surface area contributed by atoms with Gasteiger partial charge in [0.25, 0.3) is 10.0 Å². The van der Waals surface area contributed by atoms with Gasteiger partial charge in [0.2, 0.25) is 11.8 Å². The van der Waals surface area contributed by atoms with Gasteiger partial charge in [0.15, 0.2) is 0 Å². The van der Waals surface area contributed by atoms with E-state index in [0.717, 1.165) is 21.0 Å². The molecule has 0 aliphatic carbocycles. The van der Waals surface area contributed by atoms with Crippen LogP contribution in [-0.2, 0) is 26.2 Å². The van der Waals surface area contributed by atoms with Crippen LogP contribution in [0, 0.1) is 19.8 Å². The molecule has 2 amide bonds. The van der Waals surface area contributed by atoms with Crippen molar-refractivity contribution in [3.8, 4) is 0 Å². The number of carbonyl (C=O) groups is 2. The minimum absolute atomic E-state index is 0.0501. The second kappa shape index (κ2) is 13.1. The van der Waals surface area contributed by atoms with Crippen LogP contribution in [0.15, 0.2) is 77.7 Å². The molecule has 3 aromatic rings. The average molecular weight is 570 g/mol. The van der Waals surface area contributed by atoms with Gasteiger partial charge >= 0.3 is 0 Å². The lowest BCUT2D eigenvalue weighted by molar-refractivity contribution is -0.139. The van der Waals surface area contributed by atoms with Crippen LogP contribution < -0.4 is 9.62 Å². The fraction of sp³-hybridized carbons (Fsp3) is 0.333. The van der Waals surface area contributed by atoms with Crippen molar-refractivity contribution in [1.29, 1.82) is 0 Å². The zero-order chi connectivity index (χ0) is 28.7. The van der Waals surface area contributed by atoms with Crippen LogP contribution in [0.4, 0.5) is 5.69 Å². The highest BCUT2D eigenvalue weighted by Gasteiger charge is 2.32. The number of amides is 2. The number of nitrogens with zero attached hydrogens (tertiary/aromatic N) is 2. The number of carbonyl (C=O) groups excluding carboxylic acids is 2. The Morgan fingerprint density at radius 3 is 2.21 bits per heavy atom. The van der Waals surface area contributed by atoms with Crippen LogP contribution in [0.5, 0.6) is 0 Å². The molecule has 0 aliphatic heterocycles. The van der Waals surface area contributed by atoms with Crippen molar-refractivity contribution >= 4 is 39.1 Å². The van der Waals surface area contributed by atoms with Gasteiger partial charge in [0.1, 0.15) is 12.6 Å². The van der Waals surface area contributed by atoms with Crippen molar-refractivity contribution < 1.29 is 18.0 Å². The topological polar surface area (TPSA) is 86.8 Å². The van der Waals surface area contributed by atoms with E-state index in [9.17, 15) is 18.0 Å². The minimum Gasteiger partial charge on any atom is -0.354 e. The lowest BCUT2D eigenvalue weighted by atomic mass is 10.1. The van der Waals surface area contributed by atoms with E-state index >= 15 is 0 Å². The molecule has 0 fully saturated rings. The van der Waals surface area contributed by atoms with E-state index in [-0.39, 0.29) is 29.0 Å². The van der Waals surface area contributed by atoms with Crippen LogP contribution in [-0.4, -0.2) is 44.3 Å². The molecular weight excluding hydrogens is 534 g/mol. The Balaban J connectivity index is 2.02. The van der Waals surface area contributed by atoms with Gasteiger partial charge in [-0.3, -0.25) is 13.9 Å². The van der Waals surface area contributed by atoms with Crippen LogP contribution in [0.2, 0.25) is 5.02 Å². The van der Waals surface area contributed by atoms with Gasteiger partial charge < -0.3 is 10.2 Å². The highest BCUT2D eigenvalue weighted by molar-refractivity contribution is 7.92. The maximum atomic E-state index is 14.0. The van der Waals surface area contributed by atoms with Crippen LogP contribution in [0.1, 0.15) is 37.5 Å². The first-order valence-electron chi connectivity index (χ1n) is 12.9. The number of halogens is 1. The molecule has 39 heavy (non-hydrogen) atoms. The molecule has 1 unspecified atom stereocenters. The van der Waals surface area contributed by atoms with Crippen LogP contribution in [0.25, 0.3) is 0 Å². The number of hydrogen-bond donors (Lipinski definition) is 1. The van der Waals surface area contributed by atoms with E-state index in [4.69, 9.17) is 11.6 Å². The van der Waals surface area contributed by atoms with E-state index in [1.165, 1.54) is 23.1 Å². The third-order valence-electron chi connectivity index (χ3n) is 6.44. The Morgan fingerprint density at radius 2 is 1.59 bits per heavy atom. The Kier molecular flexibility index (Phi) is 10.2. The summed E-state index contributed by atoms with van der Waals surface area (Å²) in [6, 6.07) is 19.6. The fourth-order valence-corrected chi connectivity index (χ4v) is 5.59. The van der Waals surface area contributed by atoms with Gasteiger partial charge in [-0.2, -0.15) is 0 Å². The Hall–Kier alpha value is -3.36. The van der Waals surface area contributed by atoms with Crippen molar-refractivity contribution in [1.82, 2.24) is 10.2 Å². The number of sulfonamides is 1. The number of aryl methyl sites for hydroxylation is 2. The standard InChI is InChI=1S/C30H36ClN3O4S/c1-21(2)18-32-30(36)24(5)33(19-25-10-7-6-9-23(25)4)29(35)20-34(27-12-8-11-26(31)17-27)39(37,38)28-15-13-22(3)14-16-28/h6-17,21,24H,18-20H2,1-5H3,(H,32,36). The van der Waals surface area contributed by atoms with Gasteiger partial charge in [0.05, 0.1) is 10.6 Å². The van der Waals surface area contributed by atoms with Gasteiger partial charge in [-0.1, -0.05) is 73.5 Å². The molecule has 0 saturated heterocycles. The maximum absolute atomic E-state index is 14.0. The second-order valence-electron chi connectivity index (χ2n) is 10.1. The summed E-state index contributed by atoms with van der Waals surface area (Å²) < 4.78 is 28.7. The molecule has 1 atom stereocenters. The van der Waals surface area contributed by atoms with Crippen molar-refractivity contribution in [3.05, 3.63) is 94.5 Å². The third-order valence-corrected chi connectivity index (χ3v) is 8.46. The molecular formula is C30H36ClN3O4S. The van der Waals surface area contributed by atoms with Gasteiger partial charge in [-0.05, 0) is 68.1 Å². The van der Waals surface area contributed by atoms with E-state index in [1.54, 1.807) is 37.3 Å². The summed E-state index contributed by atoms with van der Waals surface area (Å²) in [5.41, 5.74) is 2.99. The predicted octanol–water partition coefficient (Wildman–Crippen LogP) is 5.34. The zero-order valence-electron chi connectivity index (χ0n) is 23.0. The first-order chi connectivity index (χ1) is 18.4. The summed E-state index contributed by atoms with van der Waals surface area (Å²) in [7, 11) is -4.14. The Bertz CT molecular complexity index is 1410. The van der Waals surface area contributed by atoms with Gasteiger partial charge in [0, 0.05) is 18.1 Å². The Labute approximate surface area is 236 Å². The third kappa shape index (κ3) is 7.83. The molecule has 0 radical (unpaired) electrons. The van der Waals surface area contributed by atoms with Crippen molar-refractivity contribution in [2.75, 3.05) is 17.4 Å². The molecule has 208 valence electrons. The molecule has 0 saturated carbocycles. The first-order valence-corrected chi connectivity index (χ1v) is 14.7. The highest BCUT2D eigenvalue weighted by Crippen LogP contribution is 2.27. The summed E-state index contributed by atoms with van der Waals surface area (Å²) in [6.07, 6.45) is 0. The number of rotatable bonds is 11. The number of nitrogens with one attached hydrogen (secondary N) is 1. The molecule has 0 aliphatic rings. The summed E-state index contributed by atoms with van der Waals surface area (Å²) in [4.78, 5) is 28.5. The van der Waals surface area contributed by atoms with Crippen molar-refractivity contribution in [2.24, 2.45) is 5.92 Å². The molecule has 0 aromatic heterocycles. The first kappa shape index (κ1) is 30.2. The molecule has 9 heteroatoms. The summed E-state index contributed by atoms with van der Waals surface area (Å²) >= 11 is 6.21. The van der Waals surface area contributed by atoms with Crippen molar-refractivity contribution in [3.63, 3.8) is 0 Å². The molecule has 7 nitrogen and oxygen atoms in total. The number of anilines is 1. The fourth-order valence-electron chi connectivity index (χ4n) is 4.00. The quantitative estimate of drug-likeness (QED) is 0.338. The van der Waals surface area contributed by atoms with E-state index in [2.05, 4.69) is 5.32 Å². The van der Waals surface area contributed by atoms with E-state index < -0.39 is 28.5 Å². The molecule has 0 spiro atoms. The smallest absolute Gasteiger partial charge is 0.264 e. The molecule has 0 bridgehead atoms. The number of benzene rings is 3. The van der Waals surface area contributed by atoms with Crippen molar-refractivity contribution in [2.45, 2.75) is 52.1 Å². The molecule has 1 N–H and O–H groups in total. The summed E-state index contributed by atoms with van der Waals surface area (Å²) in [6.45, 7) is 9.53. The largest absolute Gasteiger partial charge is 0.354 e. The van der Waals surface area contributed by atoms with E-state index in [0.29, 0.717) is 11.6 Å². The van der Waals surface area contributed by atoms with Crippen LogP contribution in [0.3, 0.4) is 0 Å². The SMILES string of the molecule is Cc1ccc(S(=O)(=O)N(CC(=O)N(Cc2ccccc2C)C(C)C(=O)NCC(C)C)c2cccc(Cl)c2)cc1. The van der Waals surface area contributed by atoms with Crippen LogP contribution >= 0.6 is 11.6 Å². The second-order valence-corrected chi connectivity index (χ2v) is 12.4. The monoisotopic (exact) mass is 569 g/mol. The lowest BCUT2D eigenvalue weighted by Gasteiger charge is -2.32. The predicted molar refractivity (Wildman–Crippen MR) is 156 cm³/mol. The average Bonchev–Trinajstić information content (AvgIpc) is 2.89. The maximum Gasteiger partial charge on any atom is 0.264 e. The normalized spacial score (nSPS) is 12.2. The van der Waals surface area contributed by atoms with E-state index in [1.807, 2.05) is 52.0 Å². The summed E-state index contributed by atoms with van der Waals surface area (Å²) in [5, 5.41) is 3.22. The highest BCUT2D eigenvalue weighted by atomic mass is 35.5. The lowest BCUT2D eigenvalue weighted by Crippen LogP contribution is -2.51.